The summed E-state index contributed by atoms with van der Waals surface area (Å²) in [5.74, 6) is -0.0796. The van der Waals surface area contributed by atoms with E-state index in [-0.39, 0.29) is 11.9 Å². The van der Waals surface area contributed by atoms with E-state index in [0.29, 0.717) is 6.61 Å². The Morgan fingerprint density at radius 1 is 1.57 bits per heavy atom. The quantitative estimate of drug-likeness (QED) is 0.684. The number of ether oxygens (including phenoxy) is 1. The Morgan fingerprint density at radius 3 is 2.71 bits per heavy atom. The van der Waals surface area contributed by atoms with Crippen LogP contribution in [0.25, 0.3) is 0 Å². The van der Waals surface area contributed by atoms with Crippen LogP contribution in [0.2, 0.25) is 0 Å². The van der Waals surface area contributed by atoms with Crippen molar-refractivity contribution in [1.82, 2.24) is 5.32 Å². The van der Waals surface area contributed by atoms with Crippen molar-refractivity contribution < 1.29 is 9.53 Å². The maximum atomic E-state index is 11.6. The maximum absolute atomic E-state index is 11.6. The molecule has 0 bridgehead atoms. The van der Waals surface area contributed by atoms with Crippen molar-refractivity contribution in [2.75, 3.05) is 6.61 Å². The number of carbonyl (C=O) groups is 1. The van der Waals surface area contributed by atoms with E-state index < -0.39 is 0 Å². The molecule has 0 aromatic heterocycles. The number of hydrogen-bond acceptors (Lipinski definition) is 3. The van der Waals surface area contributed by atoms with Crippen LogP contribution in [0.1, 0.15) is 27.7 Å². The third-order valence-corrected chi connectivity index (χ3v) is 2.24. The van der Waals surface area contributed by atoms with Crippen LogP contribution in [-0.4, -0.2) is 12.6 Å². The van der Waals surface area contributed by atoms with Gasteiger partial charge in [0.05, 0.1) is 12.2 Å². The molecule has 0 aromatic rings. The summed E-state index contributed by atoms with van der Waals surface area (Å²) >= 11 is 0. The van der Waals surface area contributed by atoms with E-state index in [1.807, 2.05) is 33.8 Å². The monoisotopic (exact) mass is 195 g/mol. The van der Waals surface area contributed by atoms with E-state index in [4.69, 9.17) is 4.74 Å². The topological polar surface area (TPSA) is 38.3 Å². The number of rotatable bonds is 2. The molecule has 1 rings (SSSR count). The second-order valence-corrected chi connectivity index (χ2v) is 3.52. The van der Waals surface area contributed by atoms with Crippen molar-refractivity contribution >= 4 is 5.97 Å². The van der Waals surface area contributed by atoms with E-state index in [2.05, 4.69) is 5.32 Å². The van der Waals surface area contributed by atoms with E-state index >= 15 is 0 Å². The normalized spacial score (nSPS) is 21.4. The predicted molar refractivity (Wildman–Crippen MR) is 55.4 cm³/mol. The molecule has 0 fully saturated rings. The number of esters is 1. The fraction of sp³-hybridized carbons (Fsp3) is 0.545. The molecule has 1 heterocycles. The molecule has 78 valence electrons. The van der Waals surface area contributed by atoms with Crippen molar-refractivity contribution in [3.8, 4) is 0 Å². The van der Waals surface area contributed by atoms with Crippen LogP contribution in [0, 0.1) is 5.92 Å². The summed E-state index contributed by atoms with van der Waals surface area (Å²) in [5.41, 5.74) is 2.72. The first-order valence-corrected chi connectivity index (χ1v) is 4.89. The van der Waals surface area contributed by atoms with Crippen molar-refractivity contribution in [3.05, 3.63) is 23.0 Å². The summed E-state index contributed by atoms with van der Waals surface area (Å²) in [5, 5.41) is 3.14. The Kier molecular flexibility index (Phi) is 3.33. The van der Waals surface area contributed by atoms with Gasteiger partial charge in [-0.1, -0.05) is 13.0 Å². The van der Waals surface area contributed by atoms with Gasteiger partial charge in [0, 0.05) is 17.3 Å². The molecule has 0 saturated carbocycles. The first kappa shape index (κ1) is 10.8. The van der Waals surface area contributed by atoms with Gasteiger partial charge in [-0.3, -0.25) is 0 Å². The first-order chi connectivity index (χ1) is 6.56. The van der Waals surface area contributed by atoms with Gasteiger partial charge in [-0.15, -0.1) is 0 Å². The zero-order valence-electron chi connectivity index (χ0n) is 9.18. The van der Waals surface area contributed by atoms with Crippen LogP contribution in [-0.2, 0) is 9.53 Å². The Labute approximate surface area is 84.8 Å². The second kappa shape index (κ2) is 4.31. The number of carbonyl (C=O) groups excluding carboxylic acids is 1. The molecule has 0 aromatic carbocycles. The average molecular weight is 195 g/mol. The van der Waals surface area contributed by atoms with Crippen LogP contribution in [0.4, 0.5) is 0 Å². The van der Waals surface area contributed by atoms with E-state index in [1.54, 1.807) is 0 Å². The molecule has 1 unspecified atom stereocenters. The Bertz CT molecular complexity index is 302. The number of dihydropyridines is 1. The lowest BCUT2D eigenvalue weighted by Gasteiger charge is -2.22. The molecular weight excluding hydrogens is 178 g/mol. The minimum atomic E-state index is -0.214. The van der Waals surface area contributed by atoms with Crippen molar-refractivity contribution in [2.24, 2.45) is 5.92 Å². The van der Waals surface area contributed by atoms with Crippen LogP contribution in [0.3, 0.4) is 0 Å². The lowest BCUT2D eigenvalue weighted by atomic mass is 9.95. The number of hydrogen-bond donors (Lipinski definition) is 1. The molecule has 0 aliphatic carbocycles. The van der Waals surface area contributed by atoms with Crippen LogP contribution in [0.5, 0.6) is 0 Å². The summed E-state index contributed by atoms with van der Waals surface area (Å²) < 4.78 is 4.99. The molecule has 1 atom stereocenters. The average Bonchev–Trinajstić information content (AvgIpc) is 2.01. The van der Waals surface area contributed by atoms with E-state index in [1.165, 1.54) is 0 Å². The van der Waals surface area contributed by atoms with Crippen LogP contribution >= 0.6 is 0 Å². The highest BCUT2D eigenvalue weighted by atomic mass is 16.5. The molecule has 0 saturated heterocycles. The van der Waals surface area contributed by atoms with Crippen molar-refractivity contribution in [3.63, 3.8) is 0 Å². The van der Waals surface area contributed by atoms with Gasteiger partial charge in [0.15, 0.2) is 0 Å². The lowest BCUT2D eigenvalue weighted by Crippen LogP contribution is -2.25. The Morgan fingerprint density at radius 2 is 2.21 bits per heavy atom. The zero-order chi connectivity index (χ0) is 10.7. The first-order valence-electron chi connectivity index (χ1n) is 4.89. The number of nitrogens with one attached hydrogen (secondary N) is 1. The molecule has 1 N–H and O–H groups in total. The van der Waals surface area contributed by atoms with Gasteiger partial charge in [-0.2, -0.15) is 0 Å². The molecule has 14 heavy (non-hydrogen) atoms. The highest BCUT2D eigenvalue weighted by Crippen LogP contribution is 2.22. The molecule has 0 spiro atoms. The van der Waals surface area contributed by atoms with Gasteiger partial charge in [-0.05, 0) is 20.8 Å². The smallest absolute Gasteiger partial charge is 0.336 e. The van der Waals surface area contributed by atoms with E-state index in [0.717, 1.165) is 17.0 Å². The molecule has 0 radical (unpaired) electrons. The standard InChI is InChI=1S/C11H17NO2/c1-5-14-11(13)10-7(2)6-8(3)12-9(10)4/h6-7,12H,5H2,1-4H3. The van der Waals surface area contributed by atoms with Gasteiger partial charge < -0.3 is 10.1 Å². The minimum Gasteiger partial charge on any atom is -0.463 e. The van der Waals surface area contributed by atoms with Gasteiger partial charge in [-0.25, -0.2) is 4.79 Å². The third-order valence-electron chi connectivity index (χ3n) is 2.24. The fourth-order valence-electron chi connectivity index (χ4n) is 1.75. The predicted octanol–water partition coefficient (Wildman–Crippen LogP) is 1.97. The Balaban J connectivity index is 2.87. The summed E-state index contributed by atoms with van der Waals surface area (Å²) in [6.45, 7) is 8.13. The lowest BCUT2D eigenvalue weighted by molar-refractivity contribution is -0.139. The van der Waals surface area contributed by atoms with Crippen molar-refractivity contribution in [1.29, 1.82) is 0 Å². The second-order valence-electron chi connectivity index (χ2n) is 3.52. The summed E-state index contributed by atoms with van der Waals surface area (Å²) in [6, 6.07) is 0. The summed E-state index contributed by atoms with van der Waals surface area (Å²) in [4.78, 5) is 11.6. The SMILES string of the molecule is CCOC(=O)C1=C(C)NC(C)=CC1C. The molecule has 3 heteroatoms. The van der Waals surface area contributed by atoms with Crippen molar-refractivity contribution in [2.45, 2.75) is 27.7 Å². The van der Waals surface area contributed by atoms with Crippen LogP contribution in [0.15, 0.2) is 23.0 Å². The highest BCUT2D eigenvalue weighted by molar-refractivity contribution is 5.90. The molecule has 3 nitrogen and oxygen atoms in total. The largest absolute Gasteiger partial charge is 0.463 e. The Hall–Kier alpha value is -1.25. The van der Waals surface area contributed by atoms with Gasteiger partial charge in [0.2, 0.25) is 0 Å². The zero-order valence-corrected chi connectivity index (χ0v) is 9.18. The molecule has 0 amide bonds. The minimum absolute atomic E-state index is 0.135. The molecular formula is C11H17NO2. The molecule has 1 aliphatic heterocycles. The number of allylic oxidation sites excluding steroid dienone is 3. The van der Waals surface area contributed by atoms with Crippen LogP contribution < -0.4 is 5.32 Å². The highest BCUT2D eigenvalue weighted by Gasteiger charge is 2.22. The third kappa shape index (κ3) is 2.16. The summed E-state index contributed by atoms with van der Waals surface area (Å²) in [6.07, 6.45) is 2.03. The van der Waals surface area contributed by atoms with Gasteiger partial charge >= 0.3 is 5.97 Å². The van der Waals surface area contributed by atoms with Gasteiger partial charge in [0.25, 0.3) is 0 Å². The molecule has 1 aliphatic rings. The fourth-order valence-corrected chi connectivity index (χ4v) is 1.75. The summed E-state index contributed by atoms with van der Waals surface area (Å²) in [7, 11) is 0. The van der Waals surface area contributed by atoms with Gasteiger partial charge in [0.1, 0.15) is 0 Å². The van der Waals surface area contributed by atoms with E-state index in [9.17, 15) is 4.79 Å². The maximum Gasteiger partial charge on any atom is 0.336 e.